The van der Waals surface area contributed by atoms with Crippen molar-refractivity contribution < 1.29 is 14.3 Å². The molecule has 0 aliphatic rings. The Hall–Kier alpha value is -2.97. The molecule has 1 amide bonds. The van der Waals surface area contributed by atoms with Crippen molar-refractivity contribution in [2.24, 2.45) is 0 Å². The number of amides is 1. The van der Waals surface area contributed by atoms with Crippen LogP contribution < -0.4 is 20.3 Å². The molecule has 3 rings (SSSR count). The van der Waals surface area contributed by atoms with Gasteiger partial charge in [-0.05, 0) is 24.6 Å². The van der Waals surface area contributed by atoms with E-state index in [1.54, 1.807) is 36.5 Å². The molecule has 0 spiro atoms. The summed E-state index contributed by atoms with van der Waals surface area (Å²) in [6.07, 6.45) is 3.08. The SMILES string of the molecule is COc1cc(NC(=O)CSc2nccn(-c3ccc(C)c(Cl)c3)c2=O)cc(OC)c1. The van der Waals surface area contributed by atoms with Crippen molar-refractivity contribution in [3.8, 4) is 17.2 Å². The number of aryl methyl sites for hydroxylation is 1. The Bertz CT molecular complexity index is 1110. The zero-order valence-corrected chi connectivity index (χ0v) is 18.2. The highest BCUT2D eigenvalue weighted by atomic mass is 35.5. The van der Waals surface area contributed by atoms with E-state index in [1.807, 2.05) is 13.0 Å². The third-order valence-corrected chi connectivity index (χ3v) is 5.59. The van der Waals surface area contributed by atoms with E-state index >= 15 is 0 Å². The quantitative estimate of drug-likeness (QED) is 0.554. The molecule has 0 radical (unpaired) electrons. The Balaban J connectivity index is 1.72. The fourth-order valence-electron chi connectivity index (χ4n) is 2.64. The van der Waals surface area contributed by atoms with E-state index in [-0.39, 0.29) is 22.2 Å². The van der Waals surface area contributed by atoms with E-state index in [0.29, 0.717) is 27.9 Å². The van der Waals surface area contributed by atoms with Crippen LogP contribution in [0.2, 0.25) is 5.02 Å². The molecule has 30 heavy (non-hydrogen) atoms. The second-order valence-corrected chi connectivity index (χ2v) is 7.65. The monoisotopic (exact) mass is 445 g/mol. The summed E-state index contributed by atoms with van der Waals surface area (Å²) in [6.45, 7) is 1.89. The molecule has 0 atom stereocenters. The highest BCUT2D eigenvalue weighted by Gasteiger charge is 2.12. The Morgan fingerprint density at radius 3 is 2.50 bits per heavy atom. The van der Waals surface area contributed by atoms with E-state index in [4.69, 9.17) is 21.1 Å². The van der Waals surface area contributed by atoms with Gasteiger partial charge < -0.3 is 14.8 Å². The van der Waals surface area contributed by atoms with Gasteiger partial charge >= 0.3 is 0 Å². The molecule has 0 bridgehead atoms. The Morgan fingerprint density at radius 2 is 1.87 bits per heavy atom. The first kappa shape index (κ1) is 21.7. The number of aromatic nitrogens is 2. The van der Waals surface area contributed by atoms with Crippen LogP contribution in [-0.2, 0) is 4.79 Å². The lowest BCUT2D eigenvalue weighted by Crippen LogP contribution is -2.22. The molecule has 7 nitrogen and oxygen atoms in total. The summed E-state index contributed by atoms with van der Waals surface area (Å²) in [5.41, 5.74) is 1.76. The molecular weight excluding hydrogens is 426 g/mol. The normalized spacial score (nSPS) is 10.5. The molecule has 3 aromatic rings. The fourth-order valence-corrected chi connectivity index (χ4v) is 3.51. The van der Waals surface area contributed by atoms with Gasteiger partial charge in [0.2, 0.25) is 5.91 Å². The molecule has 0 fully saturated rings. The minimum absolute atomic E-state index is 0.0143. The Kier molecular flexibility index (Phi) is 7.02. The van der Waals surface area contributed by atoms with E-state index in [9.17, 15) is 9.59 Å². The summed E-state index contributed by atoms with van der Waals surface area (Å²) in [5.74, 6) is 0.842. The Labute approximate surface area is 183 Å². The van der Waals surface area contributed by atoms with Crippen molar-refractivity contribution in [1.29, 1.82) is 0 Å². The van der Waals surface area contributed by atoms with Crippen LogP contribution in [0.1, 0.15) is 5.56 Å². The number of thioether (sulfide) groups is 1. The first-order valence-corrected chi connectivity index (χ1v) is 10.3. The molecule has 2 aromatic carbocycles. The molecule has 1 N–H and O–H groups in total. The number of carbonyl (C=O) groups excluding carboxylic acids is 1. The van der Waals surface area contributed by atoms with Crippen LogP contribution in [0.15, 0.2) is 58.6 Å². The summed E-state index contributed by atoms with van der Waals surface area (Å²) in [5, 5.41) is 3.55. The molecule has 0 saturated carbocycles. The van der Waals surface area contributed by atoms with E-state index in [2.05, 4.69) is 10.3 Å². The number of benzene rings is 2. The summed E-state index contributed by atoms with van der Waals surface area (Å²) < 4.78 is 11.8. The molecule has 1 heterocycles. The Morgan fingerprint density at radius 1 is 1.17 bits per heavy atom. The first-order valence-electron chi connectivity index (χ1n) is 8.91. The van der Waals surface area contributed by atoms with Gasteiger partial charge in [0.25, 0.3) is 5.56 Å². The van der Waals surface area contributed by atoms with Gasteiger partial charge in [0.1, 0.15) is 11.5 Å². The van der Waals surface area contributed by atoms with E-state index < -0.39 is 0 Å². The van der Waals surface area contributed by atoms with Gasteiger partial charge in [-0.3, -0.25) is 14.2 Å². The second kappa shape index (κ2) is 9.69. The maximum atomic E-state index is 12.8. The second-order valence-electron chi connectivity index (χ2n) is 6.28. The van der Waals surface area contributed by atoms with Crippen LogP contribution in [0.25, 0.3) is 5.69 Å². The van der Waals surface area contributed by atoms with Crippen molar-refractivity contribution >= 4 is 35.0 Å². The van der Waals surface area contributed by atoms with Gasteiger partial charge in [-0.25, -0.2) is 4.98 Å². The molecular formula is C21H20ClN3O4S. The largest absolute Gasteiger partial charge is 0.497 e. The van der Waals surface area contributed by atoms with E-state index in [0.717, 1.165) is 17.3 Å². The van der Waals surface area contributed by atoms with Crippen LogP contribution >= 0.6 is 23.4 Å². The predicted octanol–water partition coefficient (Wildman–Crippen LogP) is 3.94. The predicted molar refractivity (Wildman–Crippen MR) is 118 cm³/mol. The molecule has 0 aliphatic heterocycles. The summed E-state index contributed by atoms with van der Waals surface area (Å²) in [7, 11) is 3.06. The van der Waals surface area contributed by atoms with E-state index in [1.165, 1.54) is 25.0 Å². The zero-order chi connectivity index (χ0) is 21.7. The van der Waals surface area contributed by atoms with Crippen molar-refractivity contribution in [3.63, 3.8) is 0 Å². The van der Waals surface area contributed by atoms with Crippen molar-refractivity contribution in [2.75, 3.05) is 25.3 Å². The molecule has 0 unspecified atom stereocenters. The average Bonchev–Trinajstić information content (AvgIpc) is 2.74. The molecule has 0 aliphatic carbocycles. The number of halogens is 1. The number of anilines is 1. The summed E-state index contributed by atoms with van der Waals surface area (Å²) >= 11 is 7.23. The van der Waals surface area contributed by atoms with Gasteiger partial charge in [-0.15, -0.1) is 0 Å². The van der Waals surface area contributed by atoms with Crippen LogP contribution in [0.3, 0.4) is 0 Å². The smallest absolute Gasteiger partial charge is 0.287 e. The minimum Gasteiger partial charge on any atom is -0.497 e. The highest BCUT2D eigenvalue weighted by molar-refractivity contribution is 7.99. The fraction of sp³-hybridized carbons (Fsp3) is 0.190. The van der Waals surface area contributed by atoms with Crippen LogP contribution in [0.4, 0.5) is 5.69 Å². The number of carbonyl (C=O) groups is 1. The van der Waals surface area contributed by atoms with Crippen LogP contribution in [0, 0.1) is 6.92 Å². The number of nitrogens with one attached hydrogen (secondary N) is 1. The topological polar surface area (TPSA) is 82.5 Å². The standard InChI is InChI=1S/C21H20ClN3O4S/c1-13-4-5-15(10-18(13)22)25-7-6-23-20(21(25)27)30-12-19(26)24-14-8-16(28-2)11-17(9-14)29-3/h4-11H,12H2,1-3H3,(H,24,26). The lowest BCUT2D eigenvalue weighted by molar-refractivity contribution is -0.113. The molecule has 1 aromatic heterocycles. The van der Waals surface area contributed by atoms with Gasteiger partial charge in [0.05, 0.1) is 25.7 Å². The average molecular weight is 446 g/mol. The van der Waals surface area contributed by atoms with Gasteiger partial charge in [0, 0.05) is 41.3 Å². The summed E-state index contributed by atoms with van der Waals surface area (Å²) in [6, 6.07) is 10.4. The lowest BCUT2D eigenvalue weighted by atomic mass is 10.2. The molecule has 0 saturated heterocycles. The van der Waals surface area contributed by atoms with Crippen molar-refractivity contribution in [3.05, 3.63) is 69.7 Å². The van der Waals surface area contributed by atoms with Crippen LogP contribution in [0.5, 0.6) is 11.5 Å². The number of ether oxygens (including phenoxy) is 2. The van der Waals surface area contributed by atoms with Crippen LogP contribution in [-0.4, -0.2) is 35.4 Å². The number of nitrogens with zero attached hydrogens (tertiary/aromatic N) is 2. The molecule has 9 heteroatoms. The minimum atomic E-state index is -0.321. The highest BCUT2D eigenvalue weighted by Crippen LogP contribution is 2.26. The van der Waals surface area contributed by atoms with Gasteiger partial charge in [-0.1, -0.05) is 29.4 Å². The number of hydrogen-bond donors (Lipinski definition) is 1. The first-order chi connectivity index (χ1) is 14.4. The maximum absolute atomic E-state index is 12.8. The van der Waals surface area contributed by atoms with Crippen molar-refractivity contribution in [2.45, 2.75) is 11.9 Å². The van der Waals surface area contributed by atoms with Gasteiger partial charge in [0.15, 0.2) is 5.03 Å². The van der Waals surface area contributed by atoms with Crippen molar-refractivity contribution in [1.82, 2.24) is 9.55 Å². The number of rotatable bonds is 7. The number of methoxy groups -OCH3 is 2. The lowest BCUT2D eigenvalue weighted by Gasteiger charge is -2.10. The zero-order valence-electron chi connectivity index (χ0n) is 16.6. The third kappa shape index (κ3) is 5.14. The van der Waals surface area contributed by atoms with Gasteiger partial charge in [-0.2, -0.15) is 0 Å². The maximum Gasteiger partial charge on any atom is 0.287 e. The molecule has 156 valence electrons. The third-order valence-electron chi connectivity index (χ3n) is 4.22. The summed E-state index contributed by atoms with van der Waals surface area (Å²) in [4.78, 5) is 29.3. The number of hydrogen-bond acceptors (Lipinski definition) is 6.